The average Bonchev–Trinajstić information content (AvgIpc) is 3.13. The van der Waals surface area contributed by atoms with Gasteiger partial charge in [0.1, 0.15) is 11.9 Å². The van der Waals surface area contributed by atoms with Crippen molar-refractivity contribution in [2.75, 3.05) is 6.54 Å². The zero-order valence-corrected chi connectivity index (χ0v) is 10.8. The summed E-state index contributed by atoms with van der Waals surface area (Å²) in [5.41, 5.74) is 1.30. The van der Waals surface area contributed by atoms with Crippen molar-refractivity contribution >= 4 is 0 Å². The molecular weight excluding hydrogens is 238 g/mol. The minimum Gasteiger partial charge on any atom is -0.467 e. The Labute approximate surface area is 113 Å². The molecule has 0 saturated heterocycles. The molecule has 2 N–H and O–H groups in total. The Balaban J connectivity index is 1.63. The molecule has 3 nitrogen and oxygen atoms in total. The third-order valence-electron chi connectivity index (χ3n) is 3.65. The third-order valence-corrected chi connectivity index (χ3v) is 3.65. The van der Waals surface area contributed by atoms with Crippen molar-refractivity contribution in [2.24, 2.45) is 5.92 Å². The van der Waals surface area contributed by atoms with Crippen LogP contribution in [0.3, 0.4) is 0 Å². The Kier molecular flexibility index (Phi) is 3.67. The number of hydrogen-bond donors (Lipinski definition) is 2. The minimum atomic E-state index is -0.583. The lowest BCUT2D eigenvalue weighted by Crippen LogP contribution is -2.27. The summed E-state index contributed by atoms with van der Waals surface area (Å²) < 4.78 is 5.22. The second-order valence-electron chi connectivity index (χ2n) is 5.17. The van der Waals surface area contributed by atoms with Gasteiger partial charge in [-0.3, -0.25) is 0 Å². The number of aliphatic hydroxyl groups is 1. The molecule has 2 unspecified atom stereocenters. The second kappa shape index (κ2) is 5.59. The van der Waals surface area contributed by atoms with Crippen molar-refractivity contribution in [1.29, 1.82) is 0 Å². The molecule has 100 valence electrons. The van der Waals surface area contributed by atoms with Crippen molar-refractivity contribution in [3.05, 3.63) is 60.1 Å². The third kappa shape index (κ3) is 3.06. The first kappa shape index (κ1) is 12.5. The van der Waals surface area contributed by atoms with E-state index in [2.05, 4.69) is 29.6 Å². The molecule has 3 heteroatoms. The summed E-state index contributed by atoms with van der Waals surface area (Å²) in [5.74, 6) is 1.32. The van der Waals surface area contributed by atoms with Gasteiger partial charge in [-0.1, -0.05) is 30.3 Å². The van der Waals surface area contributed by atoms with E-state index in [0.717, 1.165) is 0 Å². The first-order chi connectivity index (χ1) is 9.34. The first-order valence-electron chi connectivity index (χ1n) is 6.84. The largest absolute Gasteiger partial charge is 0.467 e. The fourth-order valence-corrected chi connectivity index (χ4v) is 2.47. The summed E-state index contributed by atoms with van der Waals surface area (Å²) in [6.45, 7) is 0.517. The zero-order chi connectivity index (χ0) is 13.1. The van der Waals surface area contributed by atoms with Gasteiger partial charge in [0, 0.05) is 12.6 Å². The first-order valence-corrected chi connectivity index (χ1v) is 6.84. The van der Waals surface area contributed by atoms with Crippen molar-refractivity contribution in [1.82, 2.24) is 5.32 Å². The molecule has 19 heavy (non-hydrogen) atoms. The monoisotopic (exact) mass is 257 g/mol. The van der Waals surface area contributed by atoms with Gasteiger partial charge < -0.3 is 14.8 Å². The van der Waals surface area contributed by atoms with Gasteiger partial charge in [-0.2, -0.15) is 0 Å². The van der Waals surface area contributed by atoms with E-state index in [-0.39, 0.29) is 0 Å². The summed E-state index contributed by atoms with van der Waals surface area (Å²) >= 11 is 0. The fourth-order valence-electron chi connectivity index (χ4n) is 2.47. The van der Waals surface area contributed by atoms with Crippen LogP contribution < -0.4 is 5.32 Å². The maximum atomic E-state index is 10.1. The van der Waals surface area contributed by atoms with E-state index in [0.29, 0.717) is 24.3 Å². The van der Waals surface area contributed by atoms with Crippen molar-refractivity contribution in [2.45, 2.75) is 25.0 Å². The van der Waals surface area contributed by atoms with E-state index in [9.17, 15) is 5.11 Å². The van der Waals surface area contributed by atoms with E-state index >= 15 is 0 Å². The Bertz CT molecular complexity index is 491. The van der Waals surface area contributed by atoms with E-state index in [1.54, 1.807) is 18.4 Å². The zero-order valence-electron chi connectivity index (χ0n) is 10.8. The Hall–Kier alpha value is -1.58. The molecule has 3 rings (SSSR count). The molecule has 1 aliphatic rings. The van der Waals surface area contributed by atoms with Gasteiger partial charge in [-0.15, -0.1) is 0 Å². The van der Waals surface area contributed by atoms with Gasteiger partial charge in [-0.25, -0.2) is 0 Å². The van der Waals surface area contributed by atoms with Crippen LogP contribution in [0.15, 0.2) is 53.1 Å². The minimum absolute atomic E-state index is 0.339. The second-order valence-corrected chi connectivity index (χ2v) is 5.17. The smallest absolute Gasteiger partial charge is 0.133 e. The van der Waals surface area contributed by atoms with Crippen molar-refractivity contribution in [3.8, 4) is 0 Å². The molecule has 1 heterocycles. The summed E-state index contributed by atoms with van der Waals surface area (Å²) in [4.78, 5) is 0. The number of benzene rings is 1. The molecule has 1 aromatic heterocycles. The molecule has 2 aromatic rings. The highest BCUT2D eigenvalue weighted by molar-refractivity contribution is 5.21. The number of rotatable bonds is 6. The summed E-state index contributed by atoms with van der Waals surface area (Å²) in [7, 11) is 0. The highest BCUT2D eigenvalue weighted by Crippen LogP contribution is 2.41. The van der Waals surface area contributed by atoms with Crippen molar-refractivity contribution in [3.63, 3.8) is 0 Å². The highest BCUT2D eigenvalue weighted by Gasteiger charge is 2.32. The standard InChI is InChI=1S/C16H19NO2/c18-14(15-7-4-10-19-15)11-17-16(13-8-9-13)12-5-2-1-3-6-12/h1-7,10,13-14,16-18H,8-9,11H2. The van der Waals surface area contributed by atoms with Crippen LogP contribution in [-0.2, 0) is 0 Å². The lowest BCUT2D eigenvalue weighted by atomic mass is 10.0. The van der Waals surface area contributed by atoms with Crippen LogP contribution in [0.25, 0.3) is 0 Å². The van der Waals surface area contributed by atoms with Gasteiger partial charge in [0.25, 0.3) is 0 Å². The lowest BCUT2D eigenvalue weighted by molar-refractivity contribution is 0.142. The van der Waals surface area contributed by atoms with E-state index in [1.165, 1.54) is 18.4 Å². The van der Waals surface area contributed by atoms with Gasteiger partial charge in [-0.05, 0) is 36.5 Å². The molecule has 0 aliphatic heterocycles. The summed E-state index contributed by atoms with van der Waals surface area (Å²) in [6, 6.07) is 14.4. The molecule has 1 fully saturated rings. The predicted octanol–water partition coefficient (Wildman–Crippen LogP) is 3.05. The number of furan rings is 1. The molecule has 0 bridgehead atoms. The van der Waals surface area contributed by atoms with Gasteiger partial charge in [0.15, 0.2) is 0 Å². The maximum absolute atomic E-state index is 10.1. The molecule has 1 aliphatic carbocycles. The van der Waals surface area contributed by atoms with Gasteiger partial charge in [0.05, 0.1) is 6.26 Å². The predicted molar refractivity (Wildman–Crippen MR) is 73.6 cm³/mol. The van der Waals surface area contributed by atoms with Crippen LogP contribution >= 0.6 is 0 Å². The Morgan fingerprint density at radius 3 is 2.58 bits per heavy atom. The molecule has 0 spiro atoms. The van der Waals surface area contributed by atoms with Gasteiger partial charge >= 0.3 is 0 Å². The van der Waals surface area contributed by atoms with Crippen LogP contribution in [0, 0.1) is 5.92 Å². The Morgan fingerprint density at radius 1 is 1.16 bits per heavy atom. The van der Waals surface area contributed by atoms with Crippen LogP contribution in [0.1, 0.15) is 36.3 Å². The number of aliphatic hydroxyl groups excluding tert-OH is 1. The van der Waals surface area contributed by atoms with Crippen LogP contribution in [0.2, 0.25) is 0 Å². The lowest BCUT2D eigenvalue weighted by Gasteiger charge is -2.20. The normalized spacial score (nSPS) is 18.2. The molecule has 2 atom stereocenters. The van der Waals surface area contributed by atoms with Crippen LogP contribution in [-0.4, -0.2) is 11.7 Å². The SMILES string of the molecule is OC(CNC(c1ccccc1)C1CC1)c1ccco1. The summed E-state index contributed by atoms with van der Waals surface area (Å²) in [5, 5.41) is 13.5. The van der Waals surface area contributed by atoms with E-state index < -0.39 is 6.10 Å². The van der Waals surface area contributed by atoms with Crippen molar-refractivity contribution < 1.29 is 9.52 Å². The van der Waals surface area contributed by atoms with Crippen LogP contribution in [0.4, 0.5) is 0 Å². The maximum Gasteiger partial charge on any atom is 0.133 e. The van der Waals surface area contributed by atoms with Gasteiger partial charge in [0.2, 0.25) is 0 Å². The number of hydrogen-bond acceptors (Lipinski definition) is 3. The van der Waals surface area contributed by atoms with E-state index in [1.807, 2.05) is 6.07 Å². The topological polar surface area (TPSA) is 45.4 Å². The molecule has 1 aromatic carbocycles. The average molecular weight is 257 g/mol. The quantitative estimate of drug-likeness (QED) is 0.836. The van der Waals surface area contributed by atoms with E-state index in [4.69, 9.17) is 4.42 Å². The molecular formula is C16H19NO2. The fraction of sp³-hybridized carbons (Fsp3) is 0.375. The molecule has 1 saturated carbocycles. The summed E-state index contributed by atoms with van der Waals surface area (Å²) in [6.07, 6.45) is 3.54. The molecule has 0 radical (unpaired) electrons. The highest BCUT2D eigenvalue weighted by atomic mass is 16.4. The van der Waals surface area contributed by atoms with Crippen LogP contribution in [0.5, 0.6) is 0 Å². The number of nitrogens with one attached hydrogen (secondary N) is 1. The molecule has 0 amide bonds. The Morgan fingerprint density at radius 2 is 1.95 bits per heavy atom.